The van der Waals surface area contributed by atoms with Gasteiger partial charge in [-0.1, -0.05) is 57.8 Å². The minimum absolute atomic E-state index is 0.197. The molecule has 0 heterocycles. The fourth-order valence-electron chi connectivity index (χ4n) is 4.60. The Bertz CT molecular complexity index is 262. The van der Waals surface area contributed by atoms with Crippen LogP contribution in [0.1, 0.15) is 77.0 Å². The van der Waals surface area contributed by atoms with Crippen molar-refractivity contribution in [3.8, 4) is 0 Å². The molecule has 0 spiro atoms. The van der Waals surface area contributed by atoms with E-state index < -0.39 is 0 Å². The smallest absolute Gasteiger partial charge is 0.0686 e. The Morgan fingerprint density at radius 3 is 2.18 bits per heavy atom. The fourth-order valence-corrected chi connectivity index (χ4v) is 4.60. The lowest BCUT2D eigenvalue weighted by atomic mass is 9.75. The molecule has 3 aliphatic rings. The predicted octanol–water partition coefficient (Wildman–Crippen LogP) is 4.29. The highest BCUT2D eigenvalue weighted by Gasteiger charge is 2.59. The van der Waals surface area contributed by atoms with E-state index in [1.807, 2.05) is 0 Å². The molecule has 17 heavy (non-hydrogen) atoms. The molecule has 0 saturated heterocycles. The normalized spacial score (nSPS) is 47.5. The number of aliphatic hydroxyl groups is 1. The average Bonchev–Trinajstić information content (AvgIpc) is 2.96. The van der Waals surface area contributed by atoms with E-state index in [0.29, 0.717) is 5.92 Å². The third-order valence-corrected chi connectivity index (χ3v) is 5.64. The van der Waals surface area contributed by atoms with Gasteiger partial charge in [-0.05, 0) is 37.0 Å². The van der Waals surface area contributed by atoms with E-state index in [2.05, 4.69) is 0 Å². The highest BCUT2D eigenvalue weighted by molar-refractivity contribution is 5.10. The van der Waals surface area contributed by atoms with Gasteiger partial charge in [-0.3, -0.25) is 0 Å². The van der Waals surface area contributed by atoms with E-state index in [1.165, 1.54) is 64.2 Å². The third kappa shape index (κ3) is 2.70. The number of hydrogen-bond donors (Lipinski definition) is 1. The van der Waals surface area contributed by atoms with Gasteiger partial charge in [0.25, 0.3) is 0 Å². The molecular formula is C16H28O. The Kier molecular flexibility index (Phi) is 3.47. The molecule has 0 aromatic carbocycles. The maximum atomic E-state index is 10.5. The summed E-state index contributed by atoms with van der Waals surface area (Å²) >= 11 is 0. The Hall–Kier alpha value is -0.0400. The zero-order valence-electron chi connectivity index (χ0n) is 11.2. The van der Waals surface area contributed by atoms with Crippen molar-refractivity contribution in [1.82, 2.24) is 0 Å². The molecule has 3 rings (SSSR count). The van der Waals surface area contributed by atoms with E-state index in [0.717, 1.165) is 24.7 Å². The number of hydrogen-bond acceptors (Lipinski definition) is 1. The monoisotopic (exact) mass is 236 g/mol. The summed E-state index contributed by atoms with van der Waals surface area (Å²) in [5.41, 5.74) is -0.197. The highest BCUT2D eigenvalue weighted by atomic mass is 16.3. The highest BCUT2D eigenvalue weighted by Crippen LogP contribution is 2.59. The summed E-state index contributed by atoms with van der Waals surface area (Å²) in [6.45, 7) is 0. The van der Waals surface area contributed by atoms with Crippen LogP contribution in [0.15, 0.2) is 0 Å². The average molecular weight is 236 g/mol. The quantitative estimate of drug-likeness (QED) is 0.665. The molecule has 3 saturated carbocycles. The third-order valence-electron chi connectivity index (χ3n) is 5.64. The van der Waals surface area contributed by atoms with Gasteiger partial charge < -0.3 is 5.11 Å². The van der Waals surface area contributed by atoms with Crippen LogP contribution in [-0.4, -0.2) is 10.7 Å². The van der Waals surface area contributed by atoms with Crippen molar-refractivity contribution in [1.29, 1.82) is 0 Å². The van der Waals surface area contributed by atoms with Crippen molar-refractivity contribution in [2.24, 2.45) is 17.8 Å². The molecule has 4 atom stereocenters. The lowest BCUT2D eigenvalue weighted by molar-refractivity contribution is 0.0454. The van der Waals surface area contributed by atoms with Gasteiger partial charge in [0, 0.05) is 0 Å². The minimum Gasteiger partial charge on any atom is -0.390 e. The van der Waals surface area contributed by atoms with Crippen molar-refractivity contribution in [2.75, 3.05) is 0 Å². The molecule has 0 aliphatic heterocycles. The molecule has 98 valence electrons. The van der Waals surface area contributed by atoms with Crippen LogP contribution in [0, 0.1) is 17.8 Å². The van der Waals surface area contributed by atoms with Crippen LogP contribution in [0.4, 0.5) is 0 Å². The molecule has 1 heteroatoms. The number of fused-ring (bicyclic) bond motifs is 4. The van der Waals surface area contributed by atoms with Gasteiger partial charge in [0.1, 0.15) is 0 Å². The summed E-state index contributed by atoms with van der Waals surface area (Å²) in [7, 11) is 0. The van der Waals surface area contributed by atoms with Crippen LogP contribution >= 0.6 is 0 Å². The standard InChI is InChI=1S/C16H28O/c17-16-11-13-8-6-4-2-1-3-5-7-9-14(10-13)15(16)12-16/h13-15,17H,1-12H2/t13-,14+,15+,16-/m0/s1. The van der Waals surface area contributed by atoms with Crippen LogP contribution in [0.2, 0.25) is 0 Å². The second kappa shape index (κ2) is 4.91. The SMILES string of the molecule is O[C@]12C[C@H]3CCCCCCCCC[C@H](C3)[C@H]1C2. The molecule has 1 N–H and O–H groups in total. The molecule has 0 aromatic rings. The summed E-state index contributed by atoms with van der Waals surface area (Å²) in [6.07, 6.45) is 16.6. The minimum atomic E-state index is -0.197. The number of rotatable bonds is 0. The first-order valence-corrected chi connectivity index (χ1v) is 8.00. The van der Waals surface area contributed by atoms with Crippen LogP contribution in [-0.2, 0) is 0 Å². The Morgan fingerprint density at radius 2 is 1.41 bits per heavy atom. The van der Waals surface area contributed by atoms with Gasteiger partial charge >= 0.3 is 0 Å². The molecule has 0 unspecified atom stereocenters. The summed E-state index contributed by atoms with van der Waals surface area (Å²) in [5.74, 6) is 2.42. The van der Waals surface area contributed by atoms with Crippen molar-refractivity contribution in [3.63, 3.8) is 0 Å². The second-order valence-corrected chi connectivity index (χ2v) is 7.03. The largest absolute Gasteiger partial charge is 0.390 e. The topological polar surface area (TPSA) is 20.2 Å². The van der Waals surface area contributed by atoms with Crippen LogP contribution in [0.3, 0.4) is 0 Å². The van der Waals surface area contributed by atoms with Crippen LogP contribution in [0.5, 0.6) is 0 Å². The van der Waals surface area contributed by atoms with Gasteiger partial charge in [0.15, 0.2) is 0 Å². The zero-order chi connectivity index (χ0) is 11.7. The van der Waals surface area contributed by atoms with Gasteiger partial charge in [0.2, 0.25) is 0 Å². The summed E-state index contributed by atoms with van der Waals surface area (Å²) in [6, 6.07) is 0. The molecule has 0 amide bonds. The van der Waals surface area contributed by atoms with Crippen molar-refractivity contribution in [2.45, 2.75) is 82.7 Å². The van der Waals surface area contributed by atoms with Crippen LogP contribution < -0.4 is 0 Å². The first kappa shape index (κ1) is 12.0. The van der Waals surface area contributed by atoms with E-state index in [9.17, 15) is 5.11 Å². The summed E-state index contributed by atoms with van der Waals surface area (Å²) < 4.78 is 0. The second-order valence-electron chi connectivity index (χ2n) is 7.03. The van der Waals surface area contributed by atoms with Crippen LogP contribution in [0.25, 0.3) is 0 Å². The zero-order valence-corrected chi connectivity index (χ0v) is 11.2. The van der Waals surface area contributed by atoms with E-state index in [-0.39, 0.29) is 5.60 Å². The van der Waals surface area contributed by atoms with Crippen molar-refractivity contribution in [3.05, 3.63) is 0 Å². The molecular weight excluding hydrogens is 208 g/mol. The predicted molar refractivity (Wildman–Crippen MR) is 70.8 cm³/mol. The lowest BCUT2D eigenvalue weighted by Crippen LogP contribution is -2.28. The summed E-state index contributed by atoms with van der Waals surface area (Å²) in [4.78, 5) is 0. The maximum absolute atomic E-state index is 10.5. The molecule has 0 radical (unpaired) electrons. The Labute approximate surface area is 106 Å². The van der Waals surface area contributed by atoms with E-state index >= 15 is 0 Å². The lowest BCUT2D eigenvalue weighted by Gasteiger charge is -2.32. The first-order valence-electron chi connectivity index (χ1n) is 8.00. The molecule has 2 bridgehead atoms. The fraction of sp³-hybridized carbons (Fsp3) is 1.00. The van der Waals surface area contributed by atoms with Gasteiger partial charge in [0.05, 0.1) is 5.60 Å². The van der Waals surface area contributed by atoms with E-state index in [4.69, 9.17) is 0 Å². The van der Waals surface area contributed by atoms with Gasteiger partial charge in [-0.15, -0.1) is 0 Å². The summed E-state index contributed by atoms with van der Waals surface area (Å²) in [5, 5.41) is 10.5. The first-order chi connectivity index (χ1) is 8.28. The van der Waals surface area contributed by atoms with Gasteiger partial charge in [-0.2, -0.15) is 0 Å². The molecule has 3 fully saturated rings. The Balaban J connectivity index is 1.61. The maximum Gasteiger partial charge on any atom is 0.0686 e. The molecule has 3 aliphatic carbocycles. The Morgan fingerprint density at radius 1 is 0.765 bits per heavy atom. The van der Waals surface area contributed by atoms with E-state index in [1.54, 1.807) is 0 Å². The molecule has 1 nitrogen and oxygen atoms in total. The van der Waals surface area contributed by atoms with Gasteiger partial charge in [-0.25, -0.2) is 0 Å². The van der Waals surface area contributed by atoms with Crippen molar-refractivity contribution >= 4 is 0 Å². The molecule has 0 aromatic heterocycles. The van der Waals surface area contributed by atoms with Crippen molar-refractivity contribution < 1.29 is 5.11 Å².